The highest BCUT2D eigenvalue weighted by Gasteiger charge is 2.30. The summed E-state index contributed by atoms with van der Waals surface area (Å²) in [5.74, 6) is -0.0850. The second-order valence-corrected chi connectivity index (χ2v) is 6.37. The third-order valence-electron chi connectivity index (χ3n) is 4.06. The van der Waals surface area contributed by atoms with Gasteiger partial charge in [-0.15, -0.1) is 11.3 Å². The number of thiophene rings is 1. The molecule has 1 unspecified atom stereocenters. The van der Waals surface area contributed by atoms with Gasteiger partial charge < -0.3 is 10.0 Å². The molecule has 4 rings (SSSR count). The normalized spacial score (nSPS) is 17.7. The standard InChI is InChI=1S/C15H14N4O2S/c1-9-11-3-5-22-13(11)2-4-18(9)15(21)12-6-14-16-7-10(20)8-19(14)17-12/h3,5-9,20H,2,4H2,1H3. The third kappa shape index (κ3) is 1.97. The van der Waals surface area contributed by atoms with Gasteiger partial charge in [0.15, 0.2) is 17.1 Å². The van der Waals surface area contributed by atoms with Gasteiger partial charge in [0.05, 0.1) is 18.4 Å². The van der Waals surface area contributed by atoms with Crippen molar-refractivity contribution in [1.82, 2.24) is 19.5 Å². The SMILES string of the molecule is CC1c2ccsc2CCN1C(=O)c1cc2ncc(O)cn2n1. The van der Waals surface area contributed by atoms with Gasteiger partial charge >= 0.3 is 0 Å². The molecular weight excluding hydrogens is 300 g/mol. The quantitative estimate of drug-likeness (QED) is 0.748. The van der Waals surface area contributed by atoms with Crippen molar-refractivity contribution in [1.29, 1.82) is 0 Å². The Bertz CT molecular complexity index is 869. The Kier molecular flexibility index (Phi) is 2.90. The first-order valence-electron chi connectivity index (χ1n) is 7.05. The van der Waals surface area contributed by atoms with Crippen LogP contribution in [-0.4, -0.2) is 37.1 Å². The van der Waals surface area contributed by atoms with E-state index in [9.17, 15) is 9.90 Å². The van der Waals surface area contributed by atoms with E-state index in [4.69, 9.17) is 0 Å². The summed E-state index contributed by atoms with van der Waals surface area (Å²) in [6.07, 6.45) is 3.66. The maximum atomic E-state index is 12.8. The Morgan fingerprint density at radius 1 is 1.50 bits per heavy atom. The average molecular weight is 314 g/mol. The van der Waals surface area contributed by atoms with Gasteiger partial charge in [-0.25, -0.2) is 9.50 Å². The number of rotatable bonds is 1. The Morgan fingerprint density at radius 3 is 3.23 bits per heavy atom. The predicted molar refractivity (Wildman–Crippen MR) is 82.1 cm³/mol. The number of hydrogen-bond acceptors (Lipinski definition) is 5. The number of aromatic hydroxyl groups is 1. The average Bonchev–Trinajstić information content (AvgIpc) is 3.12. The fraction of sp³-hybridized carbons (Fsp3) is 0.267. The van der Waals surface area contributed by atoms with Crippen LogP contribution in [0, 0.1) is 0 Å². The first kappa shape index (κ1) is 13.3. The van der Waals surface area contributed by atoms with Crippen LogP contribution in [0.5, 0.6) is 5.75 Å². The van der Waals surface area contributed by atoms with Gasteiger partial charge in [-0.1, -0.05) is 0 Å². The molecular formula is C15H14N4O2S. The van der Waals surface area contributed by atoms with Crippen molar-refractivity contribution in [2.45, 2.75) is 19.4 Å². The maximum Gasteiger partial charge on any atom is 0.274 e. The van der Waals surface area contributed by atoms with E-state index in [0.29, 0.717) is 17.9 Å². The number of hydrogen-bond donors (Lipinski definition) is 1. The molecule has 1 amide bonds. The van der Waals surface area contributed by atoms with Gasteiger partial charge in [0.1, 0.15) is 0 Å². The monoisotopic (exact) mass is 314 g/mol. The first-order chi connectivity index (χ1) is 10.6. The summed E-state index contributed by atoms with van der Waals surface area (Å²) in [6, 6.07) is 3.79. The highest BCUT2D eigenvalue weighted by Crippen LogP contribution is 2.33. The number of fused-ring (bicyclic) bond motifs is 2. The fourth-order valence-corrected chi connectivity index (χ4v) is 3.87. The molecule has 0 saturated heterocycles. The van der Waals surface area contributed by atoms with E-state index in [2.05, 4.69) is 21.5 Å². The van der Waals surface area contributed by atoms with Crippen molar-refractivity contribution in [2.24, 2.45) is 0 Å². The van der Waals surface area contributed by atoms with Crippen molar-refractivity contribution < 1.29 is 9.90 Å². The van der Waals surface area contributed by atoms with Gasteiger partial charge in [-0.05, 0) is 30.4 Å². The molecule has 1 aliphatic heterocycles. The molecule has 0 bridgehead atoms. The van der Waals surface area contributed by atoms with Crippen LogP contribution >= 0.6 is 11.3 Å². The summed E-state index contributed by atoms with van der Waals surface area (Å²) in [5.41, 5.74) is 2.12. The van der Waals surface area contributed by atoms with Crippen LogP contribution in [-0.2, 0) is 6.42 Å². The summed E-state index contributed by atoms with van der Waals surface area (Å²) >= 11 is 1.75. The molecule has 6 nitrogen and oxygen atoms in total. The molecule has 22 heavy (non-hydrogen) atoms. The van der Waals surface area contributed by atoms with Gasteiger partial charge in [-0.3, -0.25) is 4.79 Å². The zero-order chi connectivity index (χ0) is 15.3. The van der Waals surface area contributed by atoms with Crippen LogP contribution in [0.2, 0.25) is 0 Å². The van der Waals surface area contributed by atoms with Crippen LogP contribution in [0.15, 0.2) is 29.9 Å². The molecule has 0 saturated carbocycles. The van der Waals surface area contributed by atoms with Crippen molar-refractivity contribution in [3.63, 3.8) is 0 Å². The minimum Gasteiger partial charge on any atom is -0.505 e. The highest BCUT2D eigenvalue weighted by atomic mass is 32.1. The molecule has 112 valence electrons. The summed E-state index contributed by atoms with van der Waals surface area (Å²) in [7, 11) is 0. The molecule has 1 N–H and O–H groups in total. The van der Waals surface area contributed by atoms with Gasteiger partial charge in [-0.2, -0.15) is 5.10 Å². The Labute approximate surface area is 130 Å². The van der Waals surface area contributed by atoms with Gasteiger partial charge in [0, 0.05) is 17.5 Å². The van der Waals surface area contributed by atoms with E-state index in [-0.39, 0.29) is 17.7 Å². The highest BCUT2D eigenvalue weighted by molar-refractivity contribution is 7.10. The molecule has 3 aromatic rings. The van der Waals surface area contributed by atoms with Crippen molar-refractivity contribution in [3.05, 3.63) is 46.0 Å². The lowest BCUT2D eigenvalue weighted by Crippen LogP contribution is -2.38. The van der Waals surface area contributed by atoms with Gasteiger partial charge in [0.25, 0.3) is 5.91 Å². The zero-order valence-corrected chi connectivity index (χ0v) is 12.7. The maximum absolute atomic E-state index is 12.8. The number of carbonyl (C=O) groups is 1. The Morgan fingerprint density at radius 2 is 2.36 bits per heavy atom. The molecule has 0 fully saturated rings. The Balaban J connectivity index is 1.68. The summed E-state index contributed by atoms with van der Waals surface area (Å²) < 4.78 is 1.42. The zero-order valence-electron chi connectivity index (χ0n) is 11.9. The molecule has 1 aliphatic rings. The van der Waals surface area contributed by atoms with E-state index in [0.717, 1.165) is 6.42 Å². The van der Waals surface area contributed by atoms with Crippen LogP contribution in [0.4, 0.5) is 0 Å². The number of nitrogens with zero attached hydrogens (tertiary/aromatic N) is 4. The predicted octanol–water partition coefficient (Wildman–Crippen LogP) is 2.26. The first-order valence-corrected chi connectivity index (χ1v) is 7.93. The largest absolute Gasteiger partial charge is 0.505 e. The molecule has 0 spiro atoms. The van der Waals surface area contributed by atoms with Crippen molar-refractivity contribution in [3.8, 4) is 5.75 Å². The van der Waals surface area contributed by atoms with E-state index in [1.165, 1.54) is 27.3 Å². The molecule has 7 heteroatoms. The lowest BCUT2D eigenvalue weighted by atomic mass is 10.0. The van der Waals surface area contributed by atoms with Crippen molar-refractivity contribution >= 4 is 22.9 Å². The minimum absolute atomic E-state index is 0.0175. The third-order valence-corrected chi connectivity index (χ3v) is 5.05. The van der Waals surface area contributed by atoms with E-state index in [1.54, 1.807) is 17.4 Å². The van der Waals surface area contributed by atoms with E-state index in [1.807, 2.05) is 11.8 Å². The number of aromatic nitrogens is 3. The molecule has 0 aliphatic carbocycles. The molecule has 3 aromatic heterocycles. The van der Waals surface area contributed by atoms with E-state index >= 15 is 0 Å². The Hall–Kier alpha value is -2.41. The topological polar surface area (TPSA) is 70.7 Å². The van der Waals surface area contributed by atoms with Crippen LogP contribution in [0.25, 0.3) is 5.65 Å². The summed E-state index contributed by atoms with van der Waals surface area (Å²) in [4.78, 5) is 20.0. The minimum atomic E-state index is -0.102. The second-order valence-electron chi connectivity index (χ2n) is 5.37. The molecule has 4 heterocycles. The van der Waals surface area contributed by atoms with Crippen molar-refractivity contribution in [2.75, 3.05) is 6.54 Å². The van der Waals surface area contributed by atoms with Crippen LogP contribution in [0.1, 0.15) is 33.9 Å². The van der Waals surface area contributed by atoms with E-state index < -0.39 is 0 Å². The molecule has 0 radical (unpaired) electrons. The van der Waals surface area contributed by atoms with Gasteiger partial charge in [0.2, 0.25) is 0 Å². The smallest absolute Gasteiger partial charge is 0.274 e. The summed E-state index contributed by atoms with van der Waals surface area (Å²) in [6.45, 7) is 2.74. The summed E-state index contributed by atoms with van der Waals surface area (Å²) in [5, 5.41) is 15.7. The van der Waals surface area contributed by atoms with Crippen LogP contribution < -0.4 is 0 Å². The second kappa shape index (κ2) is 4.81. The fourth-order valence-electron chi connectivity index (χ4n) is 2.91. The number of carbonyl (C=O) groups excluding carboxylic acids is 1. The number of amides is 1. The lowest BCUT2D eigenvalue weighted by Gasteiger charge is -2.33. The molecule has 1 atom stereocenters. The lowest BCUT2D eigenvalue weighted by molar-refractivity contribution is 0.0673. The molecule has 0 aromatic carbocycles. The van der Waals surface area contributed by atoms with Crippen LogP contribution in [0.3, 0.4) is 0 Å².